The minimum absolute atomic E-state index is 0.00754. The van der Waals surface area contributed by atoms with Gasteiger partial charge in [0.2, 0.25) is 5.95 Å². The zero-order chi connectivity index (χ0) is 30.6. The van der Waals surface area contributed by atoms with Gasteiger partial charge in [-0.25, -0.2) is 9.55 Å². The number of aromatic nitrogens is 4. The predicted molar refractivity (Wildman–Crippen MR) is 165 cm³/mol. The molecule has 15 heteroatoms. The molecule has 0 bridgehead atoms. The first-order chi connectivity index (χ1) is 19.6. The minimum Gasteiger partial charge on any atom is -0.413 e. The first-order valence-electron chi connectivity index (χ1n) is 13.7. The molecule has 0 amide bonds. The third kappa shape index (κ3) is 6.14. The van der Waals surface area contributed by atoms with E-state index in [0.717, 1.165) is 5.57 Å². The van der Waals surface area contributed by atoms with E-state index in [9.17, 15) is 9.36 Å². The summed E-state index contributed by atoms with van der Waals surface area (Å²) in [5.41, 5.74) is 7.37. The number of benzene rings is 1. The van der Waals surface area contributed by atoms with E-state index in [2.05, 4.69) is 55.4 Å². The third-order valence-corrected chi connectivity index (χ3v) is 15.0. The molecular weight excluding hydrogens is 620 g/mol. The summed E-state index contributed by atoms with van der Waals surface area (Å²) in [6, 6.07) is 4.75. The van der Waals surface area contributed by atoms with Crippen LogP contribution in [0.5, 0.6) is 0 Å². The average Bonchev–Trinajstić information content (AvgIpc) is 3.42. The van der Waals surface area contributed by atoms with E-state index in [0.29, 0.717) is 34.1 Å². The number of nitrogen functional groups attached to an aromatic ring is 1. The van der Waals surface area contributed by atoms with Crippen molar-refractivity contribution < 1.29 is 22.6 Å². The number of nitrogens with two attached hydrogens (primary N) is 1. The number of hydrogen-bond acceptors (Lipinski definition) is 9. The largest absolute Gasteiger partial charge is 0.475 e. The molecule has 0 unspecified atom stereocenters. The van der Waals surface area contributed by atoms with Crippen LogP contribution in [0.25, 0.3) is 11.2 Å². The zero-order valence-corrected chi connectivity index (χ0v) is 27.6. The number of nitrogens with one attached hydrogen (secondary N) is 1. The molecule has 1 saturated carbocycles. The molecule has 5 atom stereocenters. The van der Waals surface area contributed by atoms with E-state index in [4.69, 9.17) is 46.9 Å². The number of H-pyrrole nitrogens is 1. The standard InChI is InChI=1S/C27H36Cl2N5O6PSi/c1-15-18(13-38-41(36)37-10-9-21(39-41)17-8-7-16(28)11-19(17)29)22(40-42(5,6)27(2,3)4)12-20(15)34-14-31-23-24(34)32-26(30)33-25(23)35/h7-8,11,14,18,20-22H,1,9-10,12-13H2,2-6H3,(H3,30,32,33,35)/t18-,20-,21+,22-,41-/m0/s1. The van der Waals surface area contributed by atoms with Gasteiger partial charge in [0.1, 0.15) is 0 Å². The van der Waals surface area contributed by atoms with Gasteiger partial charge in [0, 0.05) is 27.9 Å². The van der Waals surface area contributed by atoms with Crippen molar-refractivity contribution in [3.05, 3.63) is 62.6 Å². The second kappa shape index (κ2) is 11.5. The highest BCUT2D eigenvalue weighted by Crippen LogP contribution is 2.58. The Kier molecular flexibility index (Phi) is 8.58. The van der Waals surface area contributed by atoms with Crippen LogP contribution in [0.3, 0.4) is 0 Å². The van der Waals surface area contributed by atoms with Crippen molar-refractivity contribution in [1.82, 2.24) is 19.5 Å². The number of phosphoric acid groups is 1. The maximum atomic E-state index is 13.7. The quantitative estimate of drug-likeness (QED) is 0.159. The van der Waals surface area contributed by atoms with Crippen molar-refractivity contribution in [2.75, 3.05) is 18.9 Å². The molecule has 1 aromatic carbocycles. The summed E-state index contributed by atoms with van der Waals surface area (Å²) in [6.45, 7) is 15.4. The van der Waals surface area contributed by atoms with Crippen molar-refractivity contribution in [2.45, 2.75) is 70.0 Å². The first kappa shape index (κ1) is 31.4. The van der Waals surface area contributed by atoms with Crippen molar-refractivity contribution in [1.29, 1.82) is 0 Å². The molecule has 228 valence electrons. The van der Waals surface area contributed by atoms with Gasteiger partial charge in [-0.2, -0.15) is 4.98 Å². The van der Waals surface area contributed by atoms with Crippen LogP contribution in [-0.4, -0.2) is 47.2 Å². The summed E-state index contributed by atoms with van der Waals surface area (Å²) in [5, 5.41) is 0.845. The fourth-order valence-electron chi connectivity index (χ4n) is 5.11. The summed E-state index contributed by atoms with van der Waals surface area (Å²) in [7, 11) is -6.21. The van der Waals surface area contributed by atoms with Gasteiger partial charge in [0.15, 0.2) is 19.5 Å². The Labute approximate surface area is 255 Å². The lowest BCUT2D eigenvalue weighted by molar-refractivity contribution is 0.0176. The van der Waals surface area contributed by atoms with E-state index in [1.54, 1.807) is 29.1 Å². The summed E-state index contributed by atoms with van der Waals surface area (Å²) in [6.07, 6.45) is 1.63. The number of anilines is 1. The van der Waals surface area contributed by atoms with Gasteiger partial charge in [-0.05, 0) is 42.3 Å². The molecule has 11 nitrogen and oxygen atoms in total. The fraction of sp³-hybridized carbons (Fsp3) is 0.519. The van der Waals surface area contributed by atoms with Gasteiger partial charge in [0.05, 0.1) is 37.8 Å². The molecule has 2 aromatic heterocycles. The second-order valence-electron chi connectivity index (χ2n) is 12.2. The van der Waals surface area contributed by atoms with E-state index >= 15 is 0 Å². The molecular formula is C27H36Cl2N5O6PSi. The Balaban J connectivity index is 1.41. The van der Waals surface area contributed by atoms with E-state index < -0.39 is 27.8 Å². The Morgan fingerprint density at radius 2 is 2.05 bits per heavy atom. The summed E-state index contributed by atoms with van der Waals surface area (Å²) in [4.78, 5) is 23.5. The van der Waals surface area contributed by atoms with Crippen LogP contribution in [0.15, 0.2) is 41.5 Å². The molecule has 1 aliphatic heterocycles. The molecule has 2 aliphatic rings. The lowest BCUT2D eigenvalue weighted by atomic mass is 10.0. The predicted octanol–water partition coefficient (Wildman–Crippen LogP) is 6.82. The topological polar surface area (TPSA) is 144 Å². The molecule has 1 aliphatic carbocycles. The van der Waals surface area contributed by atoms with Crippen molar-refractivity contribution in [2.24, 2.45) is 5.92 Å². The zero-order valence-electron chi connectivity index (χ0n) is 24.2. The van der Waals surface area contributed by atoms with Gasteiger partial charge >= 0.3 is 7.82 Å². The highest BCUT2D eigenvalue weighted by molar-refractivity contribution is 7.48. The SMILES string of the molecule is C=C1[C@H](CO[P@]2(=O)OCC[C@H](c3ccc(Cl)cc3Cl)O2)[C@@H](O[Si](C)(C)C(C)(C)C)C[C@@H]1n1cnc2c(=O)[nH]c(N)nc21. The van der Waals surface area contributed by atoms with Gasteiger partial charge in [-0.1, -0.05) is 56.6 Å². The molecule has 1 saturated heterocycles. The molecule has 3 aromatic rings. The van der Waals surface area contributed by atoms with Gasteiger partial charge in [-0.3, -0.25) is 23.3 Å². The molecule has 2 fully saturated rings. The summed E-state index contributed by atoms with van der Waals surface area (Å²) in [5.74, 6) is -0.370. The number of nitrogens with zero attached hydrogens (tertiary/aromatic N) is 3. The van der Waals surface area contributed by atoms with Crippen LogP contribution in [-0.2, 0) is 22.6 Å². The Morgan fingerprint density at radius 3 is 2.74 bits per heavy atom. The molecule has 3 heterocycles. The number of rotatable bonds is 7. The highest BCUT2D eigenvalue weighted by Gasteiger charge is 2.48. The maximum absolute atomic E-state index is 13.7. The van der Waals surface area contributed by atoms with Crippen LogP contribution in [0, 0.1) is 5.92 Å². The molecule has 42 heavy (non-hydrogen) atoms. The number of fused-ring (bicyclic) bond motifs is 1. The van der Waals surface area contributed by atoms with Gasteiger partial charge < -0.3 is 14.7 Å². The third-order valence-electron chi connectivity index (χ3n) is 8.45. The normalized spacial score (nSPS) is 27.2. The Morgan fingerprint density at radius 1 is 1.31 bits per heavy atom. The maximum Gasteiger partial charge on any atom is 0.475 e. The lowest BCUT2D eigenvalue weighted by Gasteiger charge is -2.40. The van der Waals surface area contributed by atoms with Crippen LogP contribution in [0.1, 0.15) is 51.3 Å². The van der Waals surface area contributed by atoms with Crippen LogP contribution in [0.4, 0.5) is 5.95 Å². The summed E-state index contributed by atoms with van der Waals surface area (Å²) >= 11 is 12.4. The monoisotopic (exact) mass is 655 g/mol. The molecule has 0 spiro atoms. The van der Waals surface area contributed by atoms with E-state index in [1.807, 2.05) is 0 Å². The van der Waals surface area contributed by atoms with Crippen molar-refractivity contribution in [3.63, 3.8) is 0 Å². The van der Waals surface area contributed by atoms with Crippen molar-refractivity contribution in [3.8, 4) is 0 Å². The molecule has 3 N–H and O–H groups in total. The van der Waals surface area contributed by atoms with Crippen LogP contribution < -0.4 is 11.3 Å². The van der Waals surface area contributed by atoms with E-state index in [-0.39, 0.29) is 47.8 Å². The van der Waals surface area contributed by atoms with Crippen LogP contribution >= 0.6 is 31.0 Å². The van der Waals surface area contributed by atoms with Gasteiger partial charge in [-0.15, -0.1) is 0 Å². The smallest absolute Gasteiger partial charge is 0.413 e. The average molecular weight is 657 g/mol. The highest BCUT2D eigenvalue weighted by atomic mass is 35.5. The van der Waals surface area contributed by atoms with Crippen molar-refractivity contribution >= 4 is 56.5 Å². The Hall–Kier alpha value is -2.02. The minimum atomic E-state index is -3.96. The van der Waals surface area contributed by atoms with Crippen LogP contribution in [0.2, 0.25) is 28.2 Å². The molecule has 5 rings (SSSR count). The number of aromatic amines is 1. The van der Waals surface area contributed by atoms with E-state index in [1.165, 1.54) is 0 Å². The van der Waals surface area contributed by atoms with Gasteiger partial charge in [0.25, 0.3) is 5.56 Å². The lowest BCUT2D eigenvalue weighted by Crippen LogP contribution is -2.45. The number of phosphoric ester groups is 1. The number of halogens is 2. The number of hydrogen-bond donors (Lipinski definition) is 2. The number of imidazole rings is 1. The second-order valence-corrected chi connectivity index (χ2v) is 19.5. The Bertz CT molecular complexity index is 1620. The molecule has 0 radical (unpaired) electrons. The summed E-state index contributed by atoms with van der Waals surface area (Å²) < 4.78 is 39.8. The first-order valence-corrected chi connectivity index (χ1v) is 18.8. The fourth-order valence-corrected chi connectivity index (χ4v) is 8.41.